The minimum absolute atomic E-state index is 0.0619. The van der Waals surface area contributed by atoms with Crippen LogP contribution in [0, 0.1) is 0 Å². The fourth-order valence-corrected chi connectivity index (χ4v) is 3.66. The smallest absolute Gasteiger partial charge is 0.305 e. The van der Waals surface area contributed by atoms with Gasteiger partial charge in [-0.25, -0.2) is 0 Å². The highest BCUT2D eigenvalue weighted by Gasteiger charge is 2.31. The molecule has 0 aromatic carbocycles. The number of carbonyl (C=O) groups is 2. The van der Waals surface area contributed by atoms with Crippen molar-refractivity contribution in [2.24, 2.45) is 0 Å². The summed E-state index contributed by atoms with van der Waals surface area (Å²) in [6.07, 6.45) is 8.27. The van der Waals surface area contributed by atoms with E-state index in [9.17, 15) is 9.59 Å². The maximum Gasteiger partial charge on any atom is 0.305 e. The molecule has 1 saturated carbocycles. The molecular formula is C16H22N2O3. The van der Waals surface area contributed by atoms with Gasteiger partial charge in [0.15, 0.2) is 5.78 Å². The van der Waals surface area contributed by atoms with E-state index in [2.05, 4.69) is 5.10 Å². The first-order chi connectivity index (χ1) is 10.2. The van der Waals surface area contributed by atoms with Crippen LogP contribution in [0.4, 0.5) is 0 Å². The molecule has 1 fully saturated rings. The van der Waals surface area contributed by atoms with Gasteiger partial charge < -0.3 is 5.11 Å². The lowest BCUT2D eigenvalue weighted by Crippen LogP contribution is -2.16. The molecule has 0 atom stereocenters. The molecule has 5 nitrogen and oxygen atoms in total. The Labute approximate surface area is 124 Å². The quantitative estimate of drug-likeness (QED) is 0.925. The maximum absolute atomic E-state index is 12.3. The average molecular weight is 290 g/mol. The maximum atomic E-state index is 12.3. The molecule has 2 aliphatic rings. The van der Waals surface area contributed by atoms with Crippen LogP contribution in [0.3, 0.4) is 0 Å². The second kappa shape index (κ2) is 6.00. The Hall–Kier alpha value is -1.65. The summed E-state index contributed by atoms with van der Waals surface area (Å²) in [5, 5.41) is 13.5. The van der Waals surface area contributed by atoms with Crippen molar-refractivity contribution in [1.29, 1.82) is 0 Å². The van der Waals surface area contributed by atoms with Crippen molar-refractivity contribution >= 4 is 11.8 Å². The first kappa shape index (κ1) is 14.3. The monoisotopic (exact) mass is 290 g/mol. The molecule has 1 N–H and O–H groups in total. The van der Waals surface area contributed by atoms with Crippen molar-refractivity contribution in [2.45, 2.75) is 70.3 Å². The topological polar surface area (TPSA) is 72.2 Å². The number of carbonyl (C=O) groups excluding carboxylic acids is 1. The molecule has 0 amide bonds. The molecular weight excluding hydrogens is 268 g/mol. The Bertz CT molecular complexity index is 556. The summed E-state index contributed by atoms with van der Waals surface area (Å²) in [7, 11) is 0. The number of carboxylic acids is 1. The second-order valence-corrected chi connectivity index (χ2v) is 6.19. The van der Waals surface area contributed by atoms with Crippen molar-refractivity contribution in [3.05, 3.63) is 17.0 Å². The average Bonchev–Trinajstić information content (AvgIpc) is 2.86. The molecule has 0 aliphatic heterocycles. The zero-order valence-electron chi connectivity index (χ0n) is 12.3. The van der Waals surface area contributed by atoms with E-state index >= 15 is 0 Å². The fraction of sp³-hybridized carbons (Fsp3) is 0.688. The Morgan fingerprint density at radius 1 is 1.19 bits per heavy atom. The van der Waals surface area contributed by atoms with Crippen LogP contribution in [0.2, 0.25) is 0 Å². The van der Waals surface area contributed by atoms with E-state index in [1.165, 1.54) is 19.3 Å². The van der Waals surface area contributed by atoms with Crippen LogP contribution in [0.15, 0.2) is 0 Å². The van der Waals surface area contributed by atoms with E-state index in [1.807, 2.05) is 0 Å². The molecule has 114 valence electrons. The predicted molar refractivity (Wildman–Crippen MR) is 77.6 cm³/mol. The van der Waals surface area contributed by atoms with Gasteiger partial charge in [-0.05, 0) is 25.7 Å². The highest BCUT2D eigenvalue weighted by atomic mass is 16.4. The van der Waals surface area contributed by atoms with Gasteiger partial charge in [-0.2, -0.15) is 5.10 Å². The van der Waals surface area contributed by atoms with E-state index in [1.54, 1.807) is 4.68 Å². The minimum Gasteiger partial charge on any atom is -0.481 e. The number of ketones is 1. The number of nitrogens with zero attached hydrogens (tertiary/aromatic N) is 2. The first-order valence-corrected chi connectivity index (χ1v) is 8.01. The SMILES string of the molecule is O=C(O)CCn1nc(C2CCCCC2)c2c1CCCC2=O. The standard InChI is InChI=1S/C16H22N2O3/c19-13-8-4-7-12-15(13)16(11-5-2-1-3-6-11)17-18(12)10-9-14(20)21/h11H,1-10H2,(H,20,21). The molecule has 0 bridgehead atoms. The zero-order chi connectivity index (χ0) is 14.8. The summed E-state index contributed by atoms with van der Waals surface area (Å²) >= 11 is 0. The summed E-state index contributed by atoms with van der Waals surface area (Å²) in [6.45, 7) is 0.373. The van der Waals surface area contributed by atoms with Crippen molar-refractivity contribution in [1.82, 2.24) is 9.78 Å². The lowest BCUT2D eigenvalue weighted by Gasteiger charge is -2.21. The Balaban J connectivity index is 1.94. The number of Topliss-reactive ketones (excluding diaryl/α,β-unsaturated/α-hetero) is 1. The van der Waals surface area contributed by atoms with Gasteiger partial charge in [-0.1, -0.05) is 19.3 Å². The molecule has 1 aromatic rings. The lowest BCUT2D eigenvalue weighted by atomic mass is 9.82. The Kier molecular flexibility index (Phi) is 4.08. The van der Waals surface area contributed by atoms with Crippen LogP contribution < -0.4 is 0 Å². The van der Waals surface area contributed by atoms with Gasteiger partial charge in [0.1, 0.15) is 0 Å². The lowest BCUT2D eigenvalue weighted by molar-refractivity contribution is -0.137. The van der Waals surface area contributed by atoms with Crippen molar-refractivity contribution in [3.63, 3.8) is 0 Å². The van der Waals surface area contributed by atoms with Gasteiger partial charge >= 0.3 is 5.97 Å². The van der Waals surface area contributed by atoms with E-state index < -0.39 is 5.97 Å². The summed E-state index contributed by atoms with van der Waals surface area (Å²) < 4.78 is 1.80. The van der Waals surface area contributed by atoms with Gasteiger partial charge in [0, 0.05) is 18.0 Å². The summed E-state index contributed by atoms with van der Waals surface area (Å²) in [4.78, 5) is 23.1. The molecule has 2 aliphatic carbocycles. The van der Waals surface area contributed by atoms with Crippen molar-refractivity contribution in [2.75, 3.05) is 0 Å². The highest BCUT2D eigenvalue weighted by molar-refractivity contribution is 5.99. The van der Waals surface area contributed by atoms with Gasteiger partial charge in [0.2, 0.25) is 0 Å². The van der Waals surface area contributed by atoms with Crippen LogP contribution >= 0.6 is 0 Å². The number of hydrogen-bond acceptors (Lipinski definition) is 3. The molecule has 0 unspecified atom stereocenters. The molecule has 3 rings (SSSR count). The van der Waals surface area contributed by atoms with Gasteiger partial charge in [-0.15, -0.1) is 0 Å². The summed E-state index contributed by atoms with van der Waals surface area (Å²) in [5.41, 5.74) is 2.77. The fourth-order valence-electron chi connectivity index (χ4n) is 3.66. The van der Waals surface area contributed by atoms with Crippen LogP contribution in [0.5, 0.6) is 0 Å². The van der Waals surface area contributed by atoms with E-state index in [-0.39, 0.29) is 12.2 Å². The number of aromatic nitrogens is 2. The van der Waals surface area contributed by atoms with Crippen LogP contribution in [-0.4, -0.2) is 26.6 Å². The van der Waals surface area contributed by atoms with Crippen molar-refractivity contribution in [3.8, 4) is 0 Å². The number of rotatable bonds is 4. The number of hydrogen-bond donors (Lipinski definition) is 1. The highest BCUT2D eigenvalue weighted by Crippen LogP contribution is 2.37. The first-order valence-electron chi connectivity index (χ1n) is 8.01. The second-order valence-electron chi connectivity index (χ2n) is 6.19. The zero-order valence-corrected chi connectivity index (χ0v) is 12.3. The van der Waals surface area contributed by atoms with E-state index in [0.29, 0.717) is 18.9 Å². The van der Waals surface area contributed by atoms with Crippen LogP contribution in [-0.2, 0) is 17.8 Å². The third-order valence-corrected chi connectivity index (χ3v) is 4.71. The predicted octanol–water partition coefficient (Wildman–Crippen LogP) is 2.92. The molecule has 0 saturated heterocycles. The summed E-state index contributed by atoms with van der Waals surface area (Å²) in [6, 6.07) is 0. The number of aliphatic carboxylic acids is 1. The molecule has 1 aromatic heterocycles. The minimum atomic E-state index is -0.819. The molecule has 0 radical (unpaired) electrons. The van der Waals surface area contributed by atoms with Crippen LogP contribution in [0.25, 0.3) is 0 Å². The largest absolute Gasteiger partial charge is 0.481 e. The molecule has 0 spiro atoms. The molecule has 5 heteroatoms. The Morgan fingerprint density at radius 3 is 2.67 bits per heavy atom. The third kappa shape index (κ3) is 2.87. The number of fused-ring (bicyclic) bond motifs is 1. The van der Waals surface area contributed by atoms with Gasteiger partial charge in [0.05, 0.1) is 24.2 Å². The van der Waals surface area contributed by atoms with Gasteiger partial charge in [0.25, 0.3) is 0 Å². The molecule has 21 heavy (non-hydrogen) atoms. The molecule has 1 heterocycles. The van der Waals surface area contributed by atoms with E-state index in [4.69, 9.17) is 5.11 Å². The van der Waals surface area contributed by atoms with Crippen molar-refractivity contribution < 1.29 is 14.7 Å². The summed E-state index contributed by atoms with van der Waals surface area (Å²) in [5.74, 6) is -0.223. The van der Waals surface area contributed by atoms with E-state index in [0.717, 1.165) is 42.6 Å². The Morgan fingerprint density at radius 2 is 1.95 bits per heavy atom. The number of carboxylic acid groups (broad SMARTS) is 1. The van der Waals surface area contributed by atoms with Crippen LogP contribution in [0.1, 0.15) is 79.0 Å². The van der Waals surface area contributed by atoms with Gasteiger partial charge in [-0.3, -0.25) is 14.3 Å². The third-order valence-electron chi connectivity index (χ3n) is 4.71. The number of aryl methyl sites for hydroxylation is 1. The normalized spacial score (nSPS) is 19.5.